The monoisotopic (exact) mass is 396 g/mol. The largest absolute Gasteiger partial charge is 0.455 e. The number of amides is 2. The second-order valence-corrected chi connectivity index (χ2v) is 7.43. The molecule has 2 aromatic heterocycles. The molecule has 0 radical (unpaired) electrons. The highest BCUT2D eigenvalue weighted by Gasteiger charge is 2.25. The zero-order chi connectivity index (χ0) is 19.8. The average molecular weight is 396 g/mol. The maximum absolute atomic E-state index is 11.7. The topological polar surface area (TPSA) is 72.2 Å². The zero-order valence-corrected chi connectivity index (χ0v) is 15.7. The molecule has 4 aromatic rings. The molecular formula is C23H12N2O3S. The van der Waals surface area contributed by atoms with Crippen molar-refractivity contribution in [3.05, 3.63) is 82.7 Å². The maximum Gasteiger partial charge on any atom is 0.290 e. The first kappa shape index (κ1) is 17.3. The van der Waals surface area contributed by atoms with E-state index in [0.29, 0.717) is 21.8 Å². The summed E-state index contributed by atoms with van der Waals surface area (Å²) in [4.78, 5) is 27.6. The lowest BCUT2D eigenvalue weighted by Crippen LogP contribution is -2.17. The number of hydrogen-bond donors (Lipinski definition) is 1. The van der Waals surface area contributed by atoms with Crippen LogP contribution in [0, 0.1) is 11.8 Å². The Labute approximate surface area is 169 Å². The van der Waals surface area contributed by atoms with E-state index in [-0.39, 0.29) is 5.24 Å². The minimum absolute atomic E-state index is 0.297. The van der Waals surface area contributed by atoms with Crippen molar-refractivity contribution in [1.29, 1.82) is 0 Å². The number of furan rings is 1. The fourth-order valence-electron chi connectivity index (χ4n) is 3.10. The fraction of sp³-hybridized carbons (Fsp3) is 0. The van der Waals surface area contributed by atoms with Gasteiger partial charge in [-0.2, -0.15) is 0 Å². The van der Waals surface area contributed by atoms with Crippen molar-refractivity contribution in [2.45, 2.75) is 0 Å². The Hall–Kier alpha value is -3.82. The molecule has 3 heterocycles. The molecule has 1 saturated heterocycles. The fourth-order valence-corrected chi connectivity index (χ4v) is 3.76. The number of carbonyl (C=O) groups excluding carboxylic acids is 2. The van der Waals surface area contributed by atoms with Crippen LogP contribution in [0.2, 0.25) is 0 Å². The van der Waals surface area contributed by atoms with Gasteiger partial charge in [0.15, 0.2) is 5.58 Å². The molecule has 0 atom stereocenters. The highest BCUT2D eigenvalue weighted by atomic mass is 32.2. The van der Waals surface area contributed by atoms with Crippen LogP contribution in [0.5, 0.6) is 0 Å². The van der Waals surface area contributed by atoms with Gasteiger partial charge in [-0.15, -0.1) is 0 Å². The number of benzene rings is 2. The van der Waals surface area contributed by atoms with Crippen LogP contribution < -0.4 is 5.32 Å². The summed E-state index contributed by atoms with van der Waals surface area (Å²) in [5.41, 5.74) is 2.14. The molecule has 1 aliphatic rings. The number of pyridine rings is 1. The van der Waals surface area contributed by atoms with Crippen molar-refractivity contribution in [2.24, 2.45) is 0 Å². The SMILES string of the molecule is O=C1NC(=O)/C(=C/c2cc3cncc(C#Cc4ccc5ccccc5c4)c3o2)S1. The second-order valence-electron chi connectivity index (χ2n) is 6.42. The number of rotatable bonds is 1. The lowest BCUT2D eigenvalue weighted by Gasteiger charge is -1.97. The van der Waals surface area contributed by atoms with Gasteiger partial charge in [0.25, 0.3) is 11.1 Å². The van der Waals surface area contributed by atoms with E-state index in [1.54, 1.807) is 24.5 Å². The normalized spacial score (nSPS) is 15.0. The molecule has 1 fully saturated rings. The molecule has 29 heavy (non-hydrogen) atoms. The van der Waals surface area contributed by atoms with Gasteiger partial charge in [0.05, 0.1) is 10.5 Å². The van der Waals surface area contributed by atoms with Gasteiger partial charge in [0, 0.05) is 29.4 Å². The van der Waals surface area contributed by atoms with Crippen molar-refractivity contribution in [1.82, 2.24) is 10.3 Å². The standard InChI is InChI=1S/C23H12N2O3S/c26-22-20(29-23(27)25-22)11-19-10-18-13-24-12-17(21(18)28-19)8-6-14-5-7-15-3-1-2-4-16(15)9-14/h1-5,7,9-13H,(H,25,26,27)/b20-11-. The summed E-state index contributed by atoms with van der Waals surface area (Å²) in [5, 5.41) is 4.90. The summed E-state index contributed by atoms with van der Waals surface area (Å²) in [5.74, 6) is 6.33. The van der Waals surface area contributed by atoms with E-state index in [9.17, 15) is 9.59 Å². The van der Waals surface area contributed by atoms with Crippen LogP contribution in [0.3, 0.4) is 0 Å². The molecule has 0 bridgehead atoms. The molecule has 5 rings (SSSR count). The van der Waals surface area contributed by atoms with Gasteiger partial charge in [-0.1, -0.05) is 42.2 Å². The highest BCUT2D eigenvalue weighted by molar-refractivity contribution is 8.18. The molecule has 6 heteroatoms. The van der Waals surface area contributed by atoms with Gasteiger partial charge < -0.3 is 4.42 Å². The first-order chi connectivity index (χ1) is 14.2. The molecule has 0 aliphatic carbocycles. The Balaban J connectivity index is 1.52. The van der Waals surface area contributed by atoms with Crippen molar-refractivity contribution in [3.8, 4) is 11.8 Å². The Kier molecular flexibility index (Phi) is 4.15. The van der Waals surface area contributed by atoms with Gasteiger partial charge in [0.1, 0.15) is 5.76 Å². The minimum Gasteiger partial charge on any atom is -0.455 e. The van der Waals surface area contributed by atoms with Crippen LogP contribution in [0.4, 0.5) is 4.79 Å². The highest BCUT2D eigenvalue weighted by Crippen LogP contribution is 2.29. The van der Waals surface area contributed by atoms with E-state index in [4.69, 9.17) is 4.42 Å². The maximum atomic E-state index is 11.7. The van der Waals surface area contributed by atoms with Crippen molar-refractivity contribution in [2.75, 3.05) is 0 Å². The molecule has 0 spiro atoms. The molecule has 0 unspecified atom stereocenters. The molecule has 138 valence electrons. The van der Waals surface area contributed by atoms with E-state index < -0.39 is 5.91 Å². The van der Waals surface area contributed by atoms with Gasteiger partial charge in [-0.05, 0) is 40.7 Å². The quantitative estimate of drug-likeness (QED) is 0.373. The Morgan fingerprint density at radius 2 is 1.83 bits per heavy atom. The van der Waals surface area contributed by atoms with Crippen LogP contribution in [-0.2, 0) is 4.79 Å². The minimum atomic E-state index is -0.421. The van der Waals surface area contributed by atoms with Crippen LogP contribution in [0.1, 0.15) is 16.9 Å². The summed E-state index contributed by atoms with van der Waals surface area (Å²) in [6, 6.07) is 16.0. The number of carbonyl (C=O) groups is 2. The third kappa shape index (κ3) is 3.40. The van der Waals surface area contributed by atoms with Crippen LogP contribution in [0.25, 0.3) is 27.8 Å². The summed E-state index contributed by atoms with van der Waals surface area (Å²) in [6.45, 7) is 0. The number of fused-ring (bicyclic) bond motifs is 2. The third-order valence-electron chi connectivity index (χ3n) is 4.45. The third-order valence-corrected chi connectivity index (χ3v) is 5.26. The Bertz CT molecular complexity index is 1410. The van der Waals surface area contributed by atoms with E-state index in [0.717, 1.165) is 33.5 Å². The molecule has 0 saturated carbocycles. The van der Waals surface area contributed by atoms with Gasteiger partial charge in [0.2, 0.25) is 0 Å². The number of hydrogen-bond acceptors (Lipinski definition) is 5. The van der Waals surface area contributed by atoms with Crippen molar-refractivity contribution in [3.63, 3.8) is 0 Å². The number of imide groups is 1. The van der Waals surface area contributed by atoms with Crippen LogP contribution in [-0.4, -0.2) is 16.1 Å². The molecule has 5 nitrogen and oxygen atoms in total. The molecule has 1 aliphatic heterocycles. The van der Waals surface area contributed by atoms with E-state index in [1.165, 1.54) is 0 Å². The Morgan fingerprint density at radius 1 is 0.966 bits per heavy atom. The number of nitrogens with zero attached hydrogens (tertiary/aromatic N) is 1. The van der Waals surface area contributed by atoms with E-state index in [2.05, 4.69) is 34.3 Å². The number of nitrogens with one attached hydrogen (secondary N) is 1. The smallest absolute Gasteiger partial charge is 0.290 e. The molecular weight excluding hydrogens is 384 g/mol. The lowest BCUT2D eigenvalue weighted by atomic mass is 10.1. The summed E-state index contributed by atoms with van der Waals surface area (Å²) in [6.07, 6.45) is 4.87. The predicted molar refractivity (Wildman–Crippen MR) is 113 cm³/mol. The Morgan fingerprint density at radius 3 is 2.66 bits per heavy atom. The lowest BCUT2D eigenvalue weighted by molar-refractivity contribution is -0.115. The van der Waals surface area contributed by atoms with Crippen molar-refractivity contribution >= 4 is 50.7 Å². The van der Waals surface area contributed by atoms with Gasteiger partial charge >= 0.3 is 0 Å². The van der Waals surface area contributed by atoms with Gasteiger partial charge in [-0.25, -0.2) is 0 Å². The average Bonchev–Trinajstić information content (AvgIpc) is 3.28. The molecule has 2 aromatic carbocycles. The van der Waals surface area contributed by atoms with Crippen molar-refractivity contribution < 1.29 is 14.0 Å². The number of aromatic nitrogens is 1. The summed E-state index contributed by atoms with van der Waals surface area (Å²) in [7, 11) is 0. The van der Waals surface area contributed by atoms with E-state index >= 15 is 0 Å². The zero-order valence-electron chi connectivity index (χ0n) is 14.9. The van der Waals surface area contributed by atoms with Crippen LogP contribution in [0.15, 0.2) is 70.2 Å². The first-order valence-corrected chi connectivity index (χ1v) is 9.61. The summed E-state index contributed by atoms with van der Waals surface area (Å²) >= 11 is 0.849. The molecule has 2 amide bonds. The van der Waals surface area contributed by atoms with E-state index in [1.807, 2.05) is 30.3 Å². The number of thioether (sulfide) groups is 1. The second kappa shape index (κ2) is 6.97. The summed E-state index contributed by atoms with van der Waals surface area (Å²) < 4.78 is 5.88. The van der Waals surface area contributed by atoms with Crippen LogP contribution >= 0.6 is 11.8 Å². The predicted octanol–water partition coefficient (Wildman–Crippen LogP) is 4.70. The van der Waals surface area contributed by atoms with Gasteiger partial charge in [-0.3, -0.25) is 19.9 Å². The first-order valence-electron chi connectivity index (χ1n) is 8.79. The molecule has 1 N–H and O–H groups in total.